The molecule has 0 aliphatic rings. The first-order chi connectivity index (χ1) is 12.4. The zero-order valence-electron chi connectivity index (χ0n) is 13.4. The Kier molecular flexibility index (Phi) is 6.97. The van der Waals surface area contributed by atoms with Gasteiger partial charge in [-0.2, -0.15) is 0 Å². The number of aromatic nitrogens is 2. The number of hydroxylamine groups is 1. The molecule has 0 fully saturated rings. The fourth-order valence-electron chi connectivity index (χ4n) is 1.82. The quantitative estimate of drug-likeness (QED) is 0.219. The van der Waals surface area contributed by atoms with Gasteiger partial charge in [0.25, 0.3) is 6.43 Å². The van der Waals surface area contributed by atoms with Gasteiger partial charge in [-0.1, -0.05) is 11.8 Å². The molecule has 0 radical (unpaired) electrons. The lowest BCUT2D eigenvalue weighted by atomic mass is 10.2. The third kappa shape index (κ3) is 5.20. The van der Waals surface area contributed by atoms with Gasteiger partial charge in [0, 0.05) is 19.2 Å². The second kappa shape index (κ2) is 9.20. The minimum Gasteiger partial charge on any atom is -0.356 e. The molecular weight excluding hydrogens is 375 g/mol. The molecule has 0 unspecified atom stereocenters. The van der Waals surface area contributed by atoms with E-state index in [2.05, 4.69) is 25.3 Å². The van der Waals surface area contributed by atoms with Gasteiger partial charge in [0.2, 0.25) is 5.91 Å². The van der Waals surface area contributed by atoms with Crippen LogP contribution in [0.1, 0.15) is 24.6 Å². The Hall–Kier alpha value is -2.60. The Morgan fingerprint density at radius 3 is 2.85 bits per heavy atom. The summed E-state index contributed by atoms with van der Waals surface area (Å²) in [6.07, 6.45) is -3.01. The smallest absolute Gasteiger partial charge is 0.266 e. The Bertz CT molecular complexity index is 800. The summed E-state index contributed by atoms with van der Waals surface area (Å²) in [4.78, 5) is 14.8. The van der Waals surface area contributed by atoms with Crippen LogP contribution in [-0.4, -0.2) is 39.6 Å². The monoisotopic (exact) mass is 389 g/mol. The average Bonchev–Trinajstić information content (AvgIpc) is 3.05. The second-order valence-corrected chi connectivity index (χ2v) is 5.91. The topological polar surface area (TPSA) is 113 Å². The largest absolute Gasteiger partial charge is 0.356 e. The van der Waals surface area contributed by atoms with Crippen molar-refractivity contribution in [2.75, 3.05) is 12.3 Å². The molecule has 8 nitrogen and oxygen atoms in total. The maximum Gasteiger partial charge on any atom is 0.266 e. The van der Waals surface area contributed by atoms with Crippen LogP contribution in [0.15, 0.2) is 32.8 Å². The molecule has 140 valence electrons. The lowest BCUT2D eigenvalue weighted by Crippen LogP contribution is -2.23. The van der Waals surface area contributed by atoms with E-state index in [-0.39, 0.29) is 28.2 Å². The van der Waals surface area contributed by atoms with Crippen LogP contribution in [-0.2, 0) is 4.79 Å². The molecule has 12 heteroatoms. The van der Waals surface area contributed by atoms with Gasteiger partial charge in [-0.3, -0.25) is 15.5 Å². The predicted molar refractivity (Wildman–Crippen MR) is 86.2 cm³/mol. The lowest BCUT2D eigenvalue weighted by Gasteiger charge is -2.06. The van der Waals surface area contributed by atoms with E-state index in [4.69, 9.17) is 0 Å². The molecular formula is C14H14F3N5O3S. The fraction of sp³-hybridized carbons (Fsp3) is 0.286. The number of amides is 1. The van der Waals surface area contributed by atoms with Crippen molar-refractivity contribution in [3.63, 3.8) is 0 Å². The van der Waals surface area contributed by atoms with Gasteiger partial charge in [0.05, 0.1) is 11.3 Å². The van der Waals surface area contributed by atoms with E-state index in [0.717, 1.165) is 18.2 Å². The molecule has 26 heavy (non-hydrogen) atoms. The van der Waals surface area contributed by atoms with Crippen LogP contribution in [0, 0.1) is 5.82 Å². The molecule has 0 atom stereocenters. The van der Waals surface area contributed by atoms with Crippen molar-refractivity contribution in [1.29, 1.82) is 0 Å². The number of hydrogen-bond acceptors (Lipinski definition) is 7. The van der Waals surface area contributed by atoms with Crippen molar-refractivity contribution in [1.82, 2.24) is 21.1 Å². The number of carbonyl (C=O) groups is 1. The van der Waals surface area contributed by atoms with Crippen molar-refractivity contribution in [3.05, 3.63) is 35.3 Å². The van der Waals surface area contributed by atoms with Crippen LogP contribution < -0.4 is 10.8 Å². The highest BCUT2D eigenvalue weighted by Crippen LogP contribution is 2.27. The summed E-state index contributed by atoms with van der Waals surface area (Å²) >= 11 is 1.17. The van der Waals surface area contributed by atoms with Crippen LogP contribution in [0.3, 0.4) is 0 Å². The molecule has 2 aromatic rings. The van der Waals surface area contributed by atoms with Crippen molar-refractivity contribution in [2.45, 2.75) is 18.4 Å². The molecule has 0 saturated heterocycles. The summed E-state index contributed by atoms with van der Waals surface area (Å²) in [5, 5.41) is 19.4. The summed E-state index contributed by atoms with van der Waals surface area (Å²) in [7, 11) is 0. The first-order valence-corrected chi connectivity index (χ1v) is 8.17. The zero-order valence-corrected chi connectivity index (χ0v) is 14.2. The van der Waals surface area contributed by atoms with E-state index >= 15 is 0 Å². The number of nitrogens with zero attached hydrogens (tertiary/aromatic N) is 3. The fourth-order valence-corrected chi connectivity index (χ4v) is 2.58. The number of halogens is 3. The van der Waals surface area contributed by atoms with Crippen molar-refractivity contribution in [2.24, 2.45) is 4.99 Å². The molecule has 0 saturated carbocycles. The van der Waals surface area contributed by atoms with Gasteiger partial charge in [-0.05, 0) is 28.5 Å². The highest BCUT2D eigenvalue weighted by atomic mass is 32.2. The standard InChI is InChI=1S/C14H14F3N5O3S/c1-7(23)18-4-5-26-14-11(21-25-22-14)13(20-24)19-8-2-3-10(15)9(6-8)12(16)17/h2-3,6,12,24H,4-5H2,1H3,(H,18,23)(H,19,20). The predicted octanol–water partition coefficient (Wildman–Crippen LogP) is 2.43. The Morgan fingerprint density at radius 2 is 2.19 bits per heavy atom. The average molecular weight is 389 g/mol. The summed E-state index contributed by atoms with van der Waals surface area (Å²) in [6.45, 7) is 1.74. The van der Waals surface area contributed by atoms with Crippen LogP contribution in [0.5, 0.6) is 0 Å². The minimum atomic E-state index is -3.01. The Labute approximate surface area is 149 Å². The number of thioether (sulfide) groups is 1. The molecule has 0 bridgehead atoms. The number of carbonyl (C=O) groups excluding carboxylic acids is 1. The number of alkyl halides is 2. The Balaban J connectivity index is 2.21. The van der Waals surface area contributed by atoms with Gasteiger partial charge in [-0.15, -0.1) is 0 Å². The molecule has 0 aliphatic heterocycles. The first kappa shape index (κ1) is 19.7. The van der Waals surface area contributed by atoms with Gasteiger partial charge in [0.15, 0.2) is 16.6 Å². The molecule has 1 aromatic heterocycles. The molecule has 0 spiro atoms. The van der Waals surface area contributed by atoms with Crippen molar-refractivity contribution < 1.29 is 27.8 Å². The van der Waals surface area contributed by atoms with Crippen LogP contribution in [0.2, 0.25) is 0 Å². The van der Waals surface area contributed by atoms with Crippen LogP contribution in [0.25, 0.3) is 0 Å². The lowest BCUT2D eigenvalue weighted by molar-refractivity contribution is -0.118. The summed E-state index contributed by atoms with van der Waals surface area (Å²) in [6, 6.07) is 2.86. The molecule has 1 amide bonds. The molecule has 3 N–H and O–H groups in total. The summed E-state index contributed by atoms with van der Waals surface area (Å²) < 4.78 is 43.5. The maximum absolute atomic E-state index is 13.3. The number of amidine groups is 1. The first-order valence-electron chi connectivity index (χ1n) is 7.19. The van der Waals surface area contributed by atoms with Gasteiger partial charge >= 0.3 is 0 Å². The molecule has 2 rings (SSSR count). The summed E-state index contributed by atoms with van der Waals surface area (Å²) in [5.41, 5.74) is 0.974. The normalized spacial score (nSPS) is 11.7. The molecule has 1 heterocycles. The Morgan fingerprint density at radius 1 is 1.42 bits per heavy atom. The number of hydrogen-bond donors (Lipinski definition) is 3. The third-order valence-electron chi connectivity index (χ3n) is 2.96. The van der Waals surface area contributed by atoms with E-state index in [1.165, 1.54) is 18.7 Å². The van der Waals surface area contributed by atoms with E-state index < -0.39 is 17.8 Å². The van der Waals surface area contributed by atoms with Crippen molar-refractivity contribution >= 4 is 29.2 Å². The van der Waals surface area contributed by atoms with E-state index in [1.54, 1.807) is 5.48 Å². The zero-order chi connectivity index (χ0) is 19.1. The van der Waals surface area contributed by atoms with Crippen LogP contribution >= 0.6 is 11.8 Å². The molecule has 1 aromatic carbocycles. The van der Waals surface area contributed by atoms with E-state index in [0.29, 0.717) is 12.3 Å². The van der Waals surface area contributed by atoms with Gasteiger partial charge < -0.3 is 5.32 Å². The second-order valence-electron chi connectivity index (χ2n) is 4.83. The highest BCUT2D eigenvalue weighted by Gasteiger charge is 2.18. The van der Waals surface area contributed by atoms with Gasteiger partial charge in [0.1, 0.15) is 5.82 Å². The number of nitrogens with one attached hydrogen (secondary N) is 2. The number of benzene rings is 1. The van der Waals surface area contributed by atoms with E-state index in [1.807, 2.05) is 0 Å². The maximum atomic E-state index is 13.3. The van der Waals surface area contributed by atoms with E-state index in [9.17, 15) is 23.2 Å². The minimum absolute atomic E-state index is 0.0308. The van der Waals surface area contributed by atoms with Crippen LogP contribution in [0.4, 0.5) is 18.9 Å². The van der Waals surface area contributed by atoms with Gasteiger partial charge in [-0.25, -0.2) is 22.8 Å². The highest BCUT2D eigenvalue weighted by molar-refractivity contribution is 7.99. The SMILES string of the molecule is CC(=O)NCCSc1nonc1C(=Nc1ccc(F)c(C(F)F)c1)NO. The number of rotatable bonds is 7. The third-order valence-corrected chi connectivity index (χ3v) is 3.91. The molecule has 0 aliphatic carbocycles. The number of aliphatic imine (C=N–C) groups is 1. The summed E-state index contributed by atoms with van der Waals surface area (Å²) in [5.74, 6) is -1.03. The van der Waals surface area contributed by atoms with Crippen molar-refractivity contribution in [3.8, 4) is 0 Å².